The number of benzene rings is 1. The number of sulfonamides is 1. The molecule has 0 amide bonds. The summed E-state index contributed by atoms with van der Waals surface area (Å²) in [6.45, 7) is 0. The van der Waals surface area contributed by atoms with Crippen molar-refractivity contribution in [3.8, 4) is 21.1 Å². The van der Waals surface area contributed by atoms with Crippen LogP contribution in [0, 0.1) is 0 Å². The van der Waals surface area contributed by atoms with E-state index in [0.717, 1.165) is 21.1 Å². The molecule has 2 heterocycles. The number of thiophene rings is 1. The van der Waals surface area contributed by atoms with Crippen molar-refractivity contribution in [2.45, 2.75) is 0 Å². The van der Waals surface area contributed by atoms with Crippen molar-refractivity contribution in [1.82, 2.24) is 4.98 Å². The van der Waals surface area contributed by atoms with Crippen LogP contribution in [-0.2, 0) is 10.0 Å². The van der Waals surface area contributed by atoms with Crippen molar-refractivity contribution in [2.24, 2.45) is 0 Å². The van der Waals surface area contributed by atoms with E-state index in [0.29, 0.717) is 5.69 Å². The van der Waals surface area contributed by atoms with Crippen LogP contribution in [0.5, 0.6) is 0 Å². The van der Waals surface area contributed by atoms with Crippen molar-refractivity contribution >= 4 is 38.4 Å². The molecule has 3 aromatic rings. The Bertz CT molecular complexity index is 866. The van der Waals surface area contributed by atoms with Crippen LogP contribution in [0.2, 0.25) is 0 Å². The molecule has 4 nitrogen and oxygen atoms in total. The van der Waals surface area contributed by atoms with Crippen LogP contribution in [-0.4, -0.2) is 26.7 Å². The molecule has 0 radical (unpaired) electrons. The van der Waals surface area contributed by atoms with E-state index >= 15 is 0 Å². The maximum absolute atomic E-state index is 11.5. The van der Waals surface area contributed by atoms with Gasteiger partial charge in [-0.2, -0.15) is 0 Å². The lowest BCUT2D eigenvalue weighted by Gasteiger charge is -2.16. The Hall–Kier alpha value is -1.70. The first-order chi connectivity index (χ1) is 10.4. The van der Waals surface area contributed by atoms with Crippen LogP contribution in [0.4, 0.5) is 5.69 Å². The van der Waals surface area contributed by atoms with Gasteiger partial charge >= 0.3 is 0 Å². The smallest absolute Gasteiger partial charge is 0.231 e. The van der Waals surface area contributed by atoms with Gasteiger partial charge in [-0.1, -0.05) is 18.2 Å². The SMILES string of the molecule is CN(c1ccc(-c2csc(-c3cccs3)n2)cc1)S(C)(=O)=O. The fraction of sp³-hybridized carbons (Fsp3) is 0.133. The zero-order valence-corrected chi connectivity index (χ0v) is 14.5. The third-order valence-electron chi connectivity index (χ3n) is 3.26. The minimum Gasteiger partial charge on any atom is -0.274 e. The standard InChI is InChI=1S/C15H14N2O2S3/c1-17(22(2,18)19)12-7-5-11(6-8-12)13-10-21-15(16-13)14-4-3-9-20-14/h3-10H,1-2H3. The van der Waals surface area contributed by atoms with Crippen LogP contribution in [0.3, 0.4) is 0 Å². The van der Waals surface area contributed by atoms with Gasteiger partial charge in [0.1, 0.15) is 5.01 Å². The third-order valence-corrected chi connectivity index (χ3v) is 6.35. The fourth-order valence-corrected chi connectivity index (χ4v) is 4.10. The molecule has 0 saturated heterocycles. The van der Waals surface area contributed by atoms with E-state index in [9.17, 15) is 8.42 Å². The Labute approximate surface area is 137 Å². The molecule has 0 atom stereocenters. The summed E-state index contributed by atoms with van der Waals surface area (Å²) in [6, 6.07) is 11.4. The molecule has 7 heteroatoms. The second-order valence-corrected chi connectivity index (χ2v) is 8.61. The summed E-state index contributed by atoms with van der Waals surface area (Å²) in [7, 11) is -1.69. The molecule has 0 saturated carbocycles. The van der Waals surface area contributed by atoms with Crippen molar-refractivity contribution in [2.75, 3.05) is 17.6 Å². The van der Waals surface area contributed by atoms with Gasteiger partial charge in [0.15, 0.2) is 0 Å². The molecule has 0 unspecified atom stereocenters. The summed E-state index contributed by atoms with van der Waals surface area (Å²) in [5, 5.41) is 5.05. The molecule has 0 fully saturated rings. The zero-order chi connectivity index (χ0) is 15.7. The fourth-order valence-electron chi connectivity index (χ4n) is 1.95. The van der Waals surface area contributed by atoms with Gasteiger partial charge in [-0.05, 0) is 23.6 Å². The predicted octanol–water partition coefficient (Wildman–Crippen LogP) is 3.93. The van der Waals surface area contributed by atoms with Crippen LogP contribution in [0.15, 0.2) is 47.2 Å². The molecule has 2 aromatic heterocycles. The zero-order valence-electron chi connectivity index (χ0n) is 12.1. The van der Waals surface area contributed by atoms with Gasteiger partial charge in [0.25, 0.3) is 0 Å². The maximum Gasteiger partial charge on any atom is 0.231 e. The second-order valence-electron chi connectivity index (χ2n) is 4.79. The van der Waals surface area contributed by atoms with Crippen molar-refractivity contribution in [3.05, 3.63) is 47.2 Å². The Morgan fingerprint density at radius 1 is 1.09 bits per heavy atom. The molecular formula is C15H14N2O2S3. The Kier molecular flexibility index (Phi) is 4.03. The monoisotopic (exact) mass is 350 g/mol. The van der Waals surface area contributed by atoms with E-state index in [1.807, 2.05) is 29.0 Å². The van der Waals surface area contributed by atoms with Crippen LogP contribution >= 0.6 is 22.7 Å². The largest absolute Gasteiger partial charge is 0.274 e. The van der Waals surface area contributed by atoms with Gasteiger partial charge in [0, 0.05) is 18.0 Å². The lowest BCUT2D eigenvalue weighted by atomic mass is 10.1. The van der Waals surface area contributed by atoms with Crippen molar-refractivity contribution < 1.29 is 8.42 Å². The Morgan fingerprint density at radius 2 is 1.82 bits per heavy atom. The van der Waals surface area contributed by atoms with Gasteiger partial charge in [-0.25, -0.2) is 13.4 Å². The molecule has 114 valence electrons. The maximum atomic E-state index is 11.5. The predicted molar refractivity (Wildman–Crippen MR) is 94.1 cm³/mol. The van der Waals surface area contributed by atoms with Crippen molar-refractivity contribution in [1.29, 1.82) is 0 Å². The van der Waals surface area contributed by atoms with Gasteiger partial charge < -0.3 is 0 Å². The highest BCUT2D eigenvalue weighted by atomic mass is 32.2. The molecule has 0 bridgehead atoms. The van der Waals surface area contributed by atoms with Gasteiger partial charge in [0.2, 0.25) is 10.0 Å². The van der Waals surface area contributed by atoms with E-state index in [2.05, 4.69) is 11.1 Å². The van der Waals surface area contributed by atoms with E-state index in [1.165, 1.54) is 10.6 Å². The van der Waals surface area contributed by atoms with Crippen LogP contribution in [0.1, 0.15) is 0 Å². The molecule has 1 aromatic carbocycles. The van der Waals surface area contributed by atoms with Crippen molar-refractivity contribution in [3.63, 3.8) is 0 Å². The first kappa shape index (κ1) is 15.2. The third kappa shape index (κ3) is 3.06. The number of thiazole rings is 1. The second kappa shape index (κ2) is 5.83. The molecule has 0 N–H and O–H groups in total. The minimum absolute atomic E-state index is 0.639. The summed E-state index contributed by atoms with van der Waals surface area (Å²) in [6.07, 6.45) is 1.19. The molecular weight excluding hydrogens is 336 g/mol. The summed E-state index contributed by atoms with van der Waals surface area (Å²) in [5.74, 6) is 0. The van der Waals surface area contributed by atoms with Crippen LogP contribution in [0.25, 0.3) is 21.1 Å². The highest BCUT2D eigenvalue weighted by Gasteiger charge is 2.12. The highest BCUT2D eigenvalue weighted by Crippen LogP contribution is 2.32. The summed E-state index contributed by atoms with van der Waals surface area (Å²) >= 11 is 3.28. The average Bonchev–Trinajstić information content (AvgIpc) is 3.16. The van der Waals surface area contributed by atoms with E-state index in [4.69, 9.17) is 0 Å². The molecule has 22 heavy (non-hydrogen) atoms. The number of aromatic nitrogens is 1. The van der Waals surface area contributed by atoms with Crippen LogP contribution < -0.4 is 4.31 Å². The van der Waals surface area contributed by atoms with E-state index < -0.39 is 10.0 Å². The molecule has 3 rings (SSSR count). The number of hydrogen-bond donors (Lipinski definition) is 0. The lowest BCUT2D eigenvalue weighted by Crippen LogP contribution is -2.24. The van der Waals surface area contributed by atoms with E-state index in [-0.39, 0.29) is 0 Å². The highest BCUT2D eigenvalue weighted by molar-refractivity contribution is 7.92. The normalized spacial score (nSPS) is 11.5. The van der Waals surface area contributed by atoms with Gasteiger partial charge in [0.05, 0.1) is 22.5 Å². The summed E-state index contributed by atoms with van der Waals surface area (Å²) in [4.78, 5) is 5.80. The number of hydrogen-bond acceptors (Lipinski definition) is 5. The molecule has 0 spiro atoms. The quantitative estimate of drug-likeness (QED) is 0.716. The van der Waals surface area contributed by atoms with E-state index in [1.54, 1.807) is 41.9 Å². The number of rotatable bonds is 4. The Balaban J connectivity index is 1.88. The van der Waals surface area contributed by atoms with Gasteiger partial charge in [-0.15, -0.1) is 22.7 Å². The lowest BCUT2D eigenvalue weighted by molar-refractivity contribution is 0.600. The topological polar surface area (TPSA) is 50.3 Å². The molecule has 0 aliphatic heterocycles. The number of nitrogens with zero attached hydrogens (tertiary/aromatic N) is 2. The minimum atomic E-state index is -3.24. The summed E-state index contributed by atoms with van der Waals surface area (Å²) in [5.41, 5.74) is 2.52. The molecule has 0 aliphatic carbocycles. The van der Waals surface area contributed by atoms with Gasteiger partial charge in [-0.3, -0.25) is 4.31 Å². The first-order valence-corrected chi connectivity index (χ1v) is 10.1. The summed E-state index contributed by atoms with van der Waals surface area (Å²) < 4.78 is 24.3. The average molecular weight is 350 g/mol. The molecule has 0 aliphatic rings. The Morgan fingerprint density at radius 3 is 2.41 bits per heavy atom. The number of anilines is 1. The first-order valence-electron chi connectivity index (χ1n) is 6.49.